The van der Waals surface area contributed by atoms with Crippen molar-refractivity contribution in [2.75, 3.05) is 10.6 Å². The predicted octanol–water partition coefficient (Wildman–Crippen LogP) is 4.05. The SMILES string of the molecule is Cc1ccc(OC(C)C(=O)Nc2ccc3c(c2)CCC(=O)N3)c(Br)c1. The molecule has 130 valence electrons. The fourth-order valence-corrected chi connectivity index (χ4v) is 3.24. The molecule has 5 nitrogen and oxygen atoms in total. The minimum atomic E-state index is -0.644. The van der Waals surface area contributed by atoms with Gasteiger partial charge in [0, 0.05) is 17.8 Å². The summed E-state index contributed by atoms with van der Waals surface area (Å²) >= 11 is 3.45. The Bertz CT molecular complexity index is 835. The molecule has 0 aliphatic carbocycles. The van der Waals surface area contributed by atoms with Gasteiger partial charge in [-0.3, -0.25) is 9.59 Å². The fraction of sp³-hybridized carbons (Fsp3) is 0.263. The molecule has 0 saturated carbocycles. The predicted molar refractivity (Wildman–Crippen MR) is 101 cm³/mol. The van der Waals surface area contributed by atoms with Crippen molar-refractivity contribution in [1.82, 2.24) is 0 Å². The van der Waals surface area contributed by atoms with Gasteiger partial charge in [-0.15, -0.1) is 0 Å². The maximum absolute atomic E-state index is 12.4. The van der Waals surface area contributed by atoms with E-state index in [1.807, 2.05) is 37.3 Å². The molecular formula is C19H19BrN2O3. The zero-order chi connectivity index (χ0) is 18.0. The molecule has 2 aromatic carbocycles. The van der Waals surface area contributed by atoms with Crippen LogP contribution in [0.5, 0.6) is 5.75 Å². The number of aryl methyl sites for hydroxylation is 2. The minimum absolute atomic E-state index is 0.0231. The second-order valence-corrected chi connectivity index (χ2v) is 6.96. The maximum Gasteiger partial charge on any atom is 0.265 e. The summed E-state index contributed by atoms with van der Waals surface area (Å²) in [6, 6.07) is 11.2. The van der Waals surface area contributed by atoms with Crippen LogP contribution < -0.4 is 15.4 Å². The molecule has 0 radical (unpaired) electrons. The van der Waals surface area contributed by atoms with Gasteiger partial charge in [0.2, 0.25) is 5.91 Å². The Balaban J connectivity index is 1.66. The van der Waals surface area contributed by atoms with Crippen LogP contribution in [0.1, 0.15) is 24.5 Å². The fourth-order valence-electron chi connectivity index (χ4n) is 2.65. The summed E-state index contributed by atoms with van der Waals surface area (Å²) in [5.41, 5.74) is 3.63. The van der Waals surface area contributed by atoms with Crippen LogP contribution in [0.2, 0.25) is 0 Å². The Kier molecular flexibility index (Phi) is 5.08. The third kappa shape index (κ3) is 4.20. The summed E-state index contributed by atoms with van der Waals surface area (Å²) in [7, 11) is 0. The summed E-state index contributed by atoms with van der Waals surface area (Å²) in [5, 5.41) is 5.69. The van der Waals surface area contributed by atoms with Crippen LogP contribution in [0.25, 0.3) is 0 Å². The number of carbonyl (C=O) groups excluding carboxylic acids is 2. The van der Waals surface area contributed by atoms with E-state index in [9.17, 15) is 9.59 Å². The lowest BCUT2D eigenvalue weighted by molar-refractivity contribution is -0.122. The Morgan fingerprint density at radius 3 is 2.80 bits per heavy atom. The van der Waals surface area contributed by atoms with Crippen molar-refractivity contribution < 1.29 is 14.3 Å². The molecular weight excluding hydrogens is 384 g/mol. The highest BCUT2D eigenvalue weighted by Crippen LogP contribution is 2.28. The first-order valence-electron chi connectivity index (χ1n) is 8.09. The smallest absolute Gasteiger partial charge is 0.265 e. The third-order valence-electron chi connectivity index (χ3n) is 4.03. The molecule has 1 aliphatic heterocycles. The first-order valence-corrected chi connectivity index (χ1v) is 8.88. The largest absolute Gasteiger partial charge is 0.480 e. The Labute approximate surface area is 154 Å². The van der Waals surface area contributed by atoms with E-state index in [0.29, 0.717) is 24.3 Å². The summed E-state index contributed by atoms with van der Waals surface area (Å²) in [6.07, 6.45) is 0.494. The highest BCUT2D eigenvalue weighted by Gasteiger charge is 2.18. The number of hydrogen-bond donors (Lipinski definition) is 2. The van der Waals surface area contributed by atoms with Gasteiger partial charge in [0.05, 0.1) is 4.47 Å². The van der Waals surface area contributed by atoms with Gasteiger partial charge in [0.25, 0.3) is 5.91 Å². The number of rotatable bonds is 4. The molecule has 1 unspecified atom stereocenters. The van der Waals surface area contributed by atoms with Crippen LogP contribution in [0.3, 0.4) is 0 Å². The van der Waals surface area contributed by atoms with Crippen molar-refractivity contribution in [3.8, 4) is 5.75 Å². The number of nitrogens with one attached hydrogen (secondary N) is 2. The van der Waals surface area contributed by atoms with E-state index < -0.39 is 6.10 Å². The zero-order valence-corrected chi connectivity index (χ0v) is 15.6. The number of amides is 2. The van der Waals surface area contributed by atoms with Gasteiger partial charge in [-0.1, -0.05) is 6.07 Å². The number of fused-ring (bicyclic) bond motifs is 1. The molecule has 0 spiro atoms. The van der Waals surface area contributed by atoms with E-state index in [-0.39, 0.29) is 11.8 Å². The Morgan fingerprint density at radius 1 is 1.24 bits per heavy atom. The molecule has 0 aromatic heterocycles. The lowest BCUT2D eigenvalue weighted by Gasteiger charge is -2.19. The van der Waals surface area contributed by atoms with E-state index in [0.717, 1.165) is 21.3 Å². The van der Waals surface area contributed by atoms with Crippen molar-refractivity contribution in [2.45, 2.75) is 32.8 Å². The average Bonchev–Trinajstić information content (AvgIpc) is 2.57. The van der Waals surface area contributed by atoms with Crippen LogP contribution in [0.15, 0.2) is 40.9 Å². The molecule has 6 heteroatoms. The minimum Gasteiger partial charge on any atom is -0.480 e. The molecule has 0 fully saturated rings. The number of ether oxygens (including phenoxy) is 1. The lowest BCUT2D eigenvalue weighted by atomic mass is 10.0. The monoisotopic (exact) mass is 402 g/mol. The maximum atomic E-state index is 12.4. The molecule has 0 bridgehead atoms. The van der Waals surface area contributed by atoms with Gasteiger partial charge in [-0.25, -0.2) is 0 Å². The number of carbonyl (C=O) groups is 2. The molecule has 2 amide bonds. The summed E-state index contributed by atoms with van der Waals surface area (Å²) in [4.78, 5) is 23.8. The van der Waals surface area contributed by atoms with Crippen molar-refractivity contribution >= 4 is 39.1 Å². The van der Waals surface area contributed by atoms with Crippen molar-refractivity contribution in [2.24, 2.45) is 0 Å². The average molecular weight is 403 g/mol. The third-order valence-corrected chi connectivity index (χ3v) is 4.65. The van der Waals surface area contributed by atoms with Crippen molar-refractivity contribution in [3.63, 3.8) is 0 Å². The van der Waals surface area contributed by atoms with E-state index >= 15 is 0 Å². The highest BCUT2D eigenvalue weighted by molar-refractivity contribution is 9.10. The molecule has 1 aliphatic rings. The number of benzene rings is 2. The molecule has 2 N–H and O–H groups in total. The van der Waals surface area contributed by atoms with Crippen LogP contribution in [0.4, 0.5) is 11.4 Å². The second-order valence-electron chi connectivity index (χ2n) is 6.10. The number of anilines is 2. The normalized spacial score (nSPS) is 14.3. The molecule has 2 aromatic rings. The first kappa shape index (κ1) is 17.5. The van der Waals surface area contributed by atoms with Crippen LogP contribution in [0, 0.1) is 6.92 Å². The Hall–Kier alpha value is -2.34. The number of halogens is 1. The molecule has 0 saturated heterocycles. The van der Waals surface area contributed by atoms with E-state index in [2.05, 4.69) is 26.6 Å². The van der Waals surface area contributed by atoms with Gasteiger partial charge in [-0.2, -0.15) is 0 Å². The van der Waals surface area contributed by atoms with Crippen molar-refractivity contribution in [1.29, 1.82) is 0 Å². The zero-order valence-electron chi connectivity index (χ0n) is 14.1. The molecule has 3 rings (SSSR count). The molecule has 25 heavy (non-hydrogen) atoms. The van der Waals surface area contributed by atoms with E-state index in [1.54, 1.807) is 13.0 Å². The van der Waals surface area contributed by atoms with Crippen molar-refractivity contribution in [3.05, 3.63) is 52.0 Å². The van der Waals surface area contributed by atoms with Gasteiger partial charge in [0.15, 0.2) is 6.10 Å². The van der Waals surface area contributed by atoms with Crippen LogP contribution in [-0.2, 0) is 16.0 Å². The van der Waals surface area contributed by atoms with E-state index in [1.165, 1.54) is 0 Å². The Morgan fingerprint density at radius 2 is 2.04 bits per heavy atom. The van der Waals surface area contributed by atoms with Gasteiger partial charge < -0.3 is 15.4 Å². The van der Waals surface area contributed by atoms with Gasteiger partial charge in [0.1, 0.15) is 5.75 Å². The second kappa shape index (κ2) is 7.27. The van der Waals surface area contributed by atoms with Gasteiger partial charge in [-0.05, 0) is 77.7 Å². The summed E-state index contributed by atoms with van der Waals surface area (Å²) in [6.45, 7) is 3.70. The first-order chi connectivity index (χ1) is 11.9. The summed E-state index contributed by atoms with van der Waals surface area (Å²) < 4.78 is 6.56. The lowest BCUT2D eigenvalue weighted by Crippen LogP contribution is -2.30. The van der Waals surface area contributed by atoms with Crippen LogP contribution >= 0.6 is 15.9 Å². The van der Waals surface area contributed by atoms with Crippen LogP contribution in [-0.4, -0.2) is 17.9 Å². The topological polar surface area (TPSA) is 67.4 Å². The quantitative estimate of drug-likeness (QED) is 0.810. The summed E-state index contributed by atoms with van der Waals surface area (Å²) in [5.74, 6) is 0.420. The van der Waals surface area contributed by atoms with Gasteiger partial charge >= 0.3 is 0 Å². The highest BCUT2D eigenvalue weighted by atomic mass is 79.9. The standard InChI is InChI=1S/C19H19BrN2O3/c1-11-3-7-17(15(20)9-11)25-12(2)19(24)21-14-5-6-16-13(10-14)4-8-18(23)22-16/h3,5-7,9-10,12H,4,8H2,1-2H3,(H,21,24)(H,22,23). The molecule has 1 atom stereocenters. The number of hydrogen-bond acceptors (Lipinski definition) is 3. The molecule has 1 heterocycles. The van der Waals surface area contributed by atoms with E-state index in [4.69, 9.17) is 4.74 Å².